The molecule has 6 nitrogen and oxygen atoms in total. The van der Waals surface area contributed by atoms with Crippen molar-refractivity contribution in [2.75, 3.05) is 0 Å². The third-order valence-electron chi connectivity index (χ3n) is 2.37. The van der Waals surface area contributed by atoms with Gasteiger partial charge in [0.25, 0.3) is 4.92 Å². The van der Waals surface area contributed by atoms with Gasteiger partial charge in [0.05, 0.1) is 11.5 Å². The Bertz CT molecular complexity index is 507. The highest BCUT2D eigenvalue weighted by molar-refractivity contribution is 5.31. The van der Waals surface area contributed by atoms with Gasteiger partial charge in [0, 0.05) is 12.4 Å². The minimum Gasteiger partial charge on any atom is -0.265 e. The van der Waals surface area contributed by atoms with Crippen LogP contribution in [0, 0.1) is 11.8 Å². The number of hydrogen-bond donors (Lipinski definition) is 1. The zero-order valence-electron chi connectivity index (χ0n) is 8.74. The van der Waals surface area contributed by atoms with Crippen LogP contribution in [0.2, 0.25) is 0 Å². The summed E-state index contributed by atoms with van der Waals surface area (Å²) in [7, 11) is 0. The normalized spacial score (nSPS) is 10.3. The van der Waals surface area contributed by atoms with Gasteiger partial charge >= 0.3 is 5.69 Å². The predicted molar refractivity (Wildman–Crippen MR) is 55.4 cm³/mol. The molecule has 0 bridgehead atoms. The van der Waals surface area contributed by atoms with E-state index >= 15 is 0 Å². The number of pyridine rings is 1. The third-order valence-corrected chi connectivity index (χ3v) is 2.37. The Balaban J connectivity index is 2.26. The maximum absolute atomic E-state index is 10.7. The number of hydrogen-bond acceptors (Lipinski definition) is 3. The molecule has 1 N–H and O–H groups in total. The second-order valence-corrected chi connectivity index (χ2v) is 3.40. The average Bonchev–Trinajstić information content (AvgIpc) is 2.62. The summed E-state index contributed by atoms with van der Waals surface area (Å²) in [6.07, 6.45) is 4.73. The molecule has 0 saturated heterocycles. The first-order valence-electron chi connectivity index (χ1n) is 4.76. The highest BCUT2D eigenvalue weighted by atomic mass is 16.6. The smallest absolute Gasteiger partial charge is 0.265 e. The lowest BCUT2D eigenvalue weighted by atomic mass is 10.2. The van der Waals surface area contributed by atoms with Crippen molar-refractivity contribution in [1.29, 1.82) is 0 Å². The standard InChI is InChI=1S/C10H11N4O2/c1-8-10(14(15)16)6-12-13(8)7-9-2-4-11-5-3-9/h2-6H,7H2,1H3,(H,15,16)/q+1. The number of aromatic nitrogens is 3. The van der Waals surface area contributed by atoms with Crippen molar-refractivity contribution in [2.45, 2.75) is 13.5 Å². The summed E-state index contributed by atoms with van der Waals surface area (Å²) < 4.78 is 1.64. The summed E-state index contributed by atoms with van der Waals surface area (Å²) >= 11 is 0. The Morgan fingerprint density at radius 1 is 1.44 bits per heavy atom. The second kappa shape index (κ2) is 4.09. The molecule has 0 atom stereocenters. The number of rotatable bonds is 3. The van der Waals surface area contributed by atoms with E-state index < -0.39 is 0 Å². The summed E-state index contributed by atoms with van der Waals surface area (Å²) in [6.45, 7) is 2.27. The van der Waals surface area contributed by atoms with E-state index in [0.717, 1.165) is 5.56 Å². The van der Waals surface area contributed by atoms with Gasteiger partial charge in [0.2, 0.25) is 0 Å². The SMILES string of the molecule is Cc1c([N+](=O)O)cnn1Cc1ccncc1. The minimum absolute atomic E-state index is 0.161. The van der Waals surface area contributed by atoms with Gasteiger partial charge in [-0.25, -0.2) is 5.21 Å². The Labute approximate surface area is 91.7 Å². The van der Waals surface area contributed by atoms with Gasteiger partial charge in [-0.05, 0) is 24.6 Å². The lowest BCUT2D eigenvalue weighted by Crippen LogP contribution is -2.04. The summed E-state index contributed by atoms with van der Waals surface area (Å²) in [5, 5.41) is 12.8. The molecule has 0 aromatic carbocycles. The molecule has 0 aliphatic rings. The minimum atomic E-state index is -0.175. The van der Waals surface area contributed by atoms with E-state index in [1.807, 2.05) is 12.1 Å². The van der Waals surface area contributed by atoms with Gasteiger partial charge in [0.15, 0.2) is 0 Å². The molecule has 2 rings (SSSR count). The van der Waals surface area contributed by atoms with Crippen molar-refractivity contribution < 1.29 is 10.1 Å². The fraction of sp³-hybridized carbons (Fsp3) is 0.200. The predicted octanol–water partition coefficient (Wildman–Crippen LogP) is 1.43. The van der Waals surface area contributed by atoms with Gasteiger partial charge < -0.3 is 0 Å². The molecule has 6 heteroatoms. The summed E-state index contributed by atoms with van der Waals surface area (Å²) in [4.78, 5) is 14.5. The van der Waals surface area contributed by atoms with Crippen LogP contribution in [0.25, 0.3) is 0 Å². The van der Waals surface area contributed by atoms with Gasteiger partial charge in [-0.2, -0.15) is 5.10 Å². The second-order valence-electron chi connectivity index (χ2n) is 3.40. The summed E-state index contributed by atoms with van der Waals surface area (Å²) in [5.74, 6) is 0. The monoisotopic (exact) mass is 219 g/mol. The van der Waals surface area contributed by atoms with E-state index in [1.165, 1.54) is 6.20 Å². The number of nitrogens with zero attached hydrogens (tertiary/aromatic N) is 4. The van der Waals surface area contributed by atoms with Crippen LogP contribution in [0.4, 0.5) is 5.69 Å². The third kappa shape index (κ3) is 1.90. The molecule has 2 heterocycles. The van der Waals surface area contributed by atoms with Crippen molar-refractivity contribution in [3.05, 3.63) is 46.9 Å². The van der Waals surface area contributed by atoms with Crippen LogP contribution >= 0.6 is 0 Å². The molecule has 16 heavy (non-hydrogen) atoms. The molecule has 2 aromatic rings. The first kappa shape index (κ1) is 10.3. The van der Waals surface area contributed by atoms with Crippen LogP contribution < -0.4 is 0 Å². The first-order valence-corrected chi connectivity index (χ1v) is 4.76. The molecule has 0 amide bonds. The lowest BCUT2D eigenvalue weighted by molar-refractivity contribution is -0.730. The van der Waals surface area contributed by atoms with Gasteiger partial charge in [0.1, 0.15) is 11.9 Å². The van der Waals surface area contributed by atoms with E-state index in [0.29, 0.717) is 12.2 Å². The quantitative estimate of drug-likeness (QED) is 0.793. The molecule has 0 radical (unpaired) electrons. The van der Waals surface area contributed by atoms with Crippen LogP contribution in [0.5, 0.6) is 0 Å². The average molecular weight is 219 g/mol. The Morgan fingerprint density at radius 2 is 2.12 bits per heavy atom. The maximum Gasteiger partial charge on any atom is 0.356 e. The van der Waals surface area contributed by atoms with Crippen LogP contribution in [0.3, 0.4) is 0 Å². The molecule has 0 aliphatic heterocycles. The molecule has 0 fully saturated rings. The molecular formula is C10H11N4O2+. The fourth-order valence-corrected chi connectivity index (χ4v) is 1.44. The summed E-state index contributed by atoms with van der Waals surface area (Å²) in [5.41, 5.74) is 1.81. The first-order chi connectivity index (χ1) is 7.68. The maximum atomic E-state index is 10.7. The van der Waals surface area contributed by atoms with Crippen LogP contribution in [0.1, 0.15) is 11.3 Å². The molecule has 0 spiro atoms. The zero-order chi connectivity index (χ0) is 11.5. The Kier molecular flexibility index (Phi) is 2.63. The molecular weight excluding hydrogens is 208 g/mol. The highest BCUT2D eigenvalue weighted by Gasteiger charge is 2.20. The fourth-order valence-electron chi connectivity index (χ4n) is 1.44. The van der Waals surface area contributed by atoms with Crippen molar-refractivity contribution in [3.63, 3.8) is 0 Å². The van der Waals surface area contributed by atoms with Crippen LogP contribution in [-0.2, 0) is 6.54 Å². The van der Waals surface area contributed by atoms with E-state index in [1.54, 1.807) is 24.0 Å². The molecule has 82 valence electrons. The Hall–Kier alpha value is -2.24. The van der Waals surface area contributed by atoms with Gasteiger partial charge in [-0.15, -0.1) is 0 Å². The van der Waals surface area contributed by atoms with Crippen molar-refractivity contribution in [3.8, 4) is 0 Å². The molecule has 0 aliphatic carbocycles. The molecule has 0 unspecified atom stereocenters. The molecule has 2 aromatic heterocycles. The largest absolute Gasteiger partial charge is 0.356 e. The van der Waals surface area contributed by atoms with E-state index in [9.17, 15) is 4.91 Å². The van der Waals surface area contributed by atoms with Crippen molar-refractivity contribution in [2.24, 2.45) is 0 Å². The van der Waals surface area contributed by atoms with Crippen LogP contribution in [-0.4, -0.2) is 24.9 Å². The Morgan fingerprint density at radius 3 is 2.69 bits per heavy atom. The zero-order valence-corrected chi connectivity index (χ0v) is 8.74. The topological polar surface area (TPSA) is 71.0 Å². The van der Waals surface area contributed by atoms with Crippen LogP contribution in [0.15, 0.2) is 30.7 Å². The highest BCUT2D eigenvalue weighted by Crippen LogP contribution is 2.16. The van der Waals surface area contributed by atoms with Crippen molar-refractivity contribution in [1.82, 2.24) is 14.8 Å². The van der Waals surface area contributed by atoms with E-state index in [2.05, 4.69) is 10.1 Å². The van der Waals surface area contributed by atoms with E-state index in [-0.39, 0.29) is 10.6 Å². The molecule has 0 saturated carbocycles. The van der Waals surface area contributed by atoms with Gasteiger partial charge in [-0.1, -0.05) is 0 Å². The van der Waals surface area contributed by atoms with Gasteiger partial charge in [-0.3, -0.25) is 9.67 Å². The van der Waals surface area contributed by atoms with Crippen molar-refractivity contribution >= 4 is 5.69 Å². The lowest BCUT2D eigenvalue weighted by Gasteiger charge is -2.02. The van der Waals surface area contributed by atoms with E-state index in [4.69, 9.17) is 5.21 Å². The summed E-state index contributed by atoms with van der Waals surface area (Å²) in [6, 6.07) is 3.74.